The second-order valence-electron chi connectivity index (χ2n) is 4.55. The molecule has 0 aliphatic heterocycles. The van der Waals surface area contributed by atoms with E-state index in [0.717, 1.165) is 5.56 Å². The van der Waals surface area contributed by atoms with Crippen molar-refractivity contribution < 1.29 is 4.74 Å². The van der Waals surface area contributed by atoms with Gasteiger partial charge in [-0.2, -0.15) is 0 Å². The van der Waals surface area contributed by atoms with Gasteiger partial charge in [0.1, 0.15) is 0 Å². The van der Waals surface area contributed by atoms with E-state index in [0.29, 0.717) is 6.61 Å². The second-order valence-corrected chi connectivity index (χ2v) is 4.55. The summed E-state index contributed by atoms with van der Waals surface area (Å²) >= 11 is 0. The van der Waals surface area contributed by atoms with Gasteiger partial charge in [-0.15, -0.1) is 0 Å². The molecule has 0 fully saturated rings. The van der Waals surface area contributed by atoms with Crippen molar-refractivity contribution in [2.45, 2.75) is 32.4 Å². The molecule has 1 rings (SSSR count). The first-order valence-electron chi connectivity index (χ1n) is 5.18. The van der Waals surface area contributed by atoms with Crippen LogP contribution in [0, 0.1) is 0 Å². The molecule has 3 heteroatoms. The van der Waals surface area contributed by atoms with Crippen molar-refractivity contribution in [1.29, 1.82) is 0 Å². The van der Waals surface area contributed by atoms with Gasteiger partial charge < -0.3 is 4.74 Å². The van der Waals surface area contributed by atoms with Crippen LogP contribution in [0.4, 0.5) is 0 Å². The number of nitrogens with one attached hydrogen (secondary N) is 1. The highest BCUT2D eigenvalue weighted by molar-refractivity contribution is 5.18. The van der Waals surface area contributed by atoms with Gasteiger partial charge in [-0.1, -0.05) is 30.3 Å². The lowest BCUT2D eigenvalue weighted by molar-refractivity contribution is -0.0148. The van der Waals surface area contributed by atoms with Crippen LogP contribution in [-0.2, 0) is 4.74 Å². The van der Waals surface area contributed by atoms with Crippen molar-refractivity contribution in [1.82, 2.24) is 5.43 Å². The Morgan fingerprint density at radius 3 is 2.33 bits per heavy atom. The highest BCUT2D eigenvalue weighted by Gasteiger charge is 2.15. The van der Waals surface area contributed by atoms with E-state index in [1.807, 2.05) is 51.1 Å². The summed E-state index contributed by atoms with van der Waals surface area (Å²) in [6.45, 7) is 6.67. The Kier molecular flexibility index (Phi) is 4.27. The van der Waals surface area contributed by atoms with E-state index < -0.39 is 0 Å². The molecule has 0 aromatic heterocycles. The van der Waals surface area contributed by atoms with Gasteiger partial charge in [0.15, 0.2) is 0 Å². The van der Waals surface area contributed by atoms with Gasteiger partial charge in [-0.25, -0.2) is 0 Å². The fourth-order valence-corrected chi connectivity index (χ4v) is 1.26. The maximum atomic E-state index is 5.69. The third kappa shape index (κ3) is 4.42. The highest BCUT2D eigenvalue weighted by atomic mass is 16.5. The first-order chi connectivity index (χ1) is 7.03. The summed E-state index contributed by atoms with van der Waals surface area (Å²) in [4.78, 5) is 0. The topological polar surface area (TPSA) is 47.3 Å². The quantitative estimate of drug-likeness (QED) is 0.587. The van der Waals surface area contributed by atoms with Gasteiger partial charge in [0.25, 0.3) is 0 Å². The number of benzene rings is 1. The molecular formula is C12H20N2O. The normalized spacial score (nSPS) is 13.9. The molecule has 0 saturated heterocycles. The Hall–Kier alpha value is -0.900. The molecule has 0 bridgehead atoms. The van der Waals surface area contributed by atoms with Crippen LogP contribution >= 0.6 is 0 Å². The van der Waals surface area contributed by atoms with Crippen LogP contribution in [0.1, 0.15) is 32.4 Å². The standard InChI is InChI=1S/C12H20N2O/c1-12(2,3)15-9-11(14-13)10-7-5-4-6-8-10/h4-8,11,14H,9,13H2,1-3H3. The zero-order valence-corrected chi connectivity index (χ0v) is 9.66. The summed E-state index contributed by atoms with van der Waals surface area (Å²) in [5.74, 6) is 5.50. The average Bonchev–Trinajstić information content (AvgIpc) is 2.19. The van der Waals surface area contributed by atoms with Gasteiger partial charge in [0, 0.05) is 0 Å². The maximum absolute atomic E-state index is 5.69. The fraction of sp³-hybridized carbons (Fsp3) is 0.500. The lowest BCUT2D eigenvalue weighted by atomic mass is 10.1. The molecule has 3 N–H and O–H groups in total. The summed E-state index contributed by atoms with van der Waals surface area (Å²) in [5, 5.41) is 0. The van der Waals surface area contributed by atoms with Crippen molar-refractivity contribution in [3.8, 4) is 0 Å². The fourth-order valence-electron chi connectivity index (χ4n) is 1.26. The molecule has 1 unspecified atom stereocenters. The van der Waals surface area contributed by atoms with Crippen molar-refractivity contribution in [3.05, 3.63) is 35.9 Å². The van der Waals surface area contributed by atoms with Crippen molar-refractivity contribution in [2.75, 3.05) is 6.61 Å². The van der Waals surface area contributed by atoms with E-state index in [9.17, 15) is 0 Å². The minimum Gasteiger partial charge on any atom is -0.374 e. The van der Waals surface area contributed by atoms with Crippen molar-refractivity contribution in [3.63, 3.8) is 0 Å². The number of hydrogen-bond donors (Lipinski definition) is 2. The molecule has 0 aliphatic rings. The van der Waals surface area contributed by atoms with Gasteiger partial charge >= 0.3 is 0 Å². The summed E-state index contributed by atoms with van der Waals surface area (Å²) in [7, 11) is 0. The number of ether oxygens (including phenoxy) is 1. The molecule has 1 atom stereocenters. The van der Waals surface area contributed by atoms with Gasteiger partial charge in [0.2, 0.25) is 0 Å². The zero-order chi connectivity index (χ0) is 11.3. The SMILES string of the molecule is CC(C)(C)OCC(NN)c1ccccc1. The monoisotopic (exact) mass is 208 g/mol. The van der Waals surface area contributed by atoms with Gasteiger partial charge in [-0.05, 0) is 26.3 Å². The van der Waals surface area contributed by atoms with Crippen LogP contribution in [0.3, 0.4) is 0 Å². The minimum atomic E-state index is -0.135. The molecule has 0 amide bonds. The largest absolute Gasteiger partial charge is 0.374 e. The van der Waals surface area contributed by atoms with Crippen LogP contribution in [0.5, 0.6) is 0 Å². The molecule has 84 valence electrons. The summed E-state index contributed by atoms with van der Waals surface area (Å²) in [6, 6.07) is 10.1. The smallest absolute Gasteiger partial charge is 0.0694 e. The molecule has 1 aromatic rings. The summed E-state index contributed by atoms with van der Waals surface area (Å²) in [5.41, 5.74) is 3.77. The van der Waals surface area contributed by atoms with Gasteiger partial charge in [0.05, 0.1) is 18.2 Å². The van der Waals surface area contributed by atoms with E-state index in [1.54, 1.807) is 0 Å². The lowest BCUT2D eigenvalue weighted by Gasteiger charge is -2.24. The third-order valence-electron chi connectivity index (χ3n) is 2.09. The van der Waals surface area contributed by atoms with Gasteiger partial charge in [-0.3, -0.25) is 11.3 Å². The number of hydrazine groups is 1. The van der Waals surface area contributed by atoms with E-state index >= 15 is 0 Å². The van der Waals surface area contributed by atoms with Crippen molar-refractivity contribution in [2.24, 2.45) is 5.84 Å². The Morgan fingerprint density at radius 1 is 1.27 bits per heavy atom. The molecule has 0 saturated carbocycles. The van der Waals surface area contributed by atoms with Crippen LogP contribution in [0.25, 0.3) is 0 Å². The Labute approximate surface area is 91.6 Å². The molecule has 0 aliphatic carbocycles. The molecule has 0 spiro atoms. The second kappa shape index (κ2) is 5.26. The Morgan fingerprint density at radius 2 is 1.87 bits per heavy atom. The van der Waals surface area contributed by atoms with E-state index in [-0.39, 0.29) is 11.6 Å². The molecule has 3 nitrogen and oxygen atoms in total. The zero-order valence-electron chi connectivity index (χ0n) is 9.66. The third-order valence-corrected chi connectivity index (χ3v) is 2.09. The number of hydrogen-bond acceptors (Lipinski definition) is 3. The Balaban J connectivity index is 2.58. The summed E-state index contributed by atoms with van der Waals surface area (Å²) in [6.07, 6.45) is 0. The maximum Gasteiger partial charge on any atom is 0.0694 e. The van der Waals surface area contributed by atoms with E-state index in [2.05, 4.69) is 5.43 Å². The minimum absolute atomic E-state index is 0.0467. The predicted octanol–water partition coefficient (Wildman–Crippen LogP) is 2.01. The highest BCUT2D eigenvalue weighted by Crippen LogP contribution is 2.15. The van der Waals surface area contributed by atoms with Crippen LogP contribution in [0.15, 0.2) is 30.3 Å². The number of rotatable bonds is 4. The number of nitrogens with two attached hydrogens (primary N) is 1. The molecule has 0 heterocycles. The average molecular weight is 208 g/mol. The summed E-state index contributed by atoms with van der Waals surface area (Å²) < 4.78 is 5.69. The first kappa shape index (κ1) is 12.2. The molecule has 0 radical (unpaired) electrons. The van der Waals surface area contributed by atoms with E-state index in [1.165, 1.54) is 0 Å². The lowest BCUT2D eigenvalue weighted by Crippen LogP contribution is -2.34. The first-order valence-corrected chi connectivity index (χ1v) is 5.18. The van der Waals surface area contributed by atoms with Crippen LogP contribution in [-0.4, -0.2) is 12.2 Å². The van der Waals surface area contributed by atoms with Crippen molar-refractivity contribution >= 4 is 0 Å². The molecule has 1 aromatic carbocycles. The van der Waals surface area contributed by atoms with Crippen LogP contribution in [0.2, 0.25) is 0 Å². The molecular weight excluding hydrogens is 188 g/mol. The predicted molar refractivity (Wildman–Crippen MR) is 62.2 cm³/mol. The van der Waals surface area contributed by atoms with E-state index in [4.69, 9.17) is 10.6 Å². The van der Waals surface area contributed by atoms with Crippen LogP contribution < -0.4 is 11.3 Å². The molecule has 15 heavy (non-hydrogen) atoms. The Bertz CT molecular complexity index is 279.